The molecular formula is C75H136O6. The molecule has 1 atom stereocenters. The zero-order valence-electron chi connectivity index (χ0n) is 54.3. The zero-order valence-corrected chi connectivity index (χ0v) is 54.3. The molecule has 0 aromatic heterocycles. The molecule has 0 aromatic rings. The molecule has 0 amide bonds. The van der Waals surface area contributed by atoms with Crippen molar-refractivity contribution in [3.05, 3.63) is 60.8 Å². The van der Waals surface area contributed by atoms with Gasteiger partial charge in [0, 0.05) is 19.3 Å². The number of allylic oxidation sites excluding steroid dienone is 10. The summed E-state index contributed by atoms with van der Waals surface area (Å²) in [6.45, 7) is 6.66. The van der Waals surface area contributed by atoms with Crippen molar-refractivity contribution in [2.45, 2.75) is 386 Å². The number of rotatable bonds is 66. The average Bonchev–Trinajstić information content (AvgIpc) is 3.47. The van der Waals surface area contributed by atoms with E-state index in [0.717, 1.165) is 89.9 Å². The van der Waals surface area contributed by atoms with E-state index in [4.69, 9.17) is 14.2 Å². The Kier molecular flexibility index (Phi) is 67.1. The summed E-state index contributed by atoms with van der Waals surface area (Å²) in [4.78, 5) is 38.5. The summed E-state index contributed by atoms with van der Waals surface area (Å²) in [6.07, 6.45) is 89.5. The minimum atomic E-state index is -0.781. The number of ether oxygens (including phenoxy) is 3. The molecule has 0 fully saturated rings. The second-order valence-electron chi connectivity index (χ2n) is 24.1. The van der Waals surface area contributed by atoms with E-state index in [1.165, 1.54) is 250 Å². The van der Waals surface area contributed by atoms with Gasteiger partial charge in [0.1, 0.15) is 13.2 Å². The molecular weight excluding hydrogens is 997 g/mol. The van der Waals surface area contributed by atoms with Gasteiger partial charge in [0.2, 0.25) is 0 Å². The van der Waals surface area contributed by atoms with Crippen LogP contribution in [-0.4, -0.2) is 37.2 Å². The molecule has 0 aromatic carbocycles. The molecule has 0 aliphatic rings. The van der Waals surface area contributed by atoms with E-state index in [9.17, 15) is 14.4 Å². The van der Waals surface area contributed by atoms with Crippen LogP contribution in [0.2, 0.25) is 0 Å². The molecule has 0 spiro atoms. The van der Waals surface area contributed by atoms with Gasteiger partial charge in [-0.05, 0) is 89.9 Å². The highest BCUT2D eigenvalue weighted by atomic mass is 16.6. The molecule has 0 saturated heterocycles. The van der Waals surface area contributed by atoms with Gasteiger partial charge >= 0.3 is 17.9 Å². The smallest absolute Gasteiger partial charge is 0.306 e. The van der Waals surface area contributed by atoms with Crippen molar-refractivity contribution in [3.8, 4) is 0 Å². The van der Waals surface area contributed by atoms with E-state index in [1.807, 2.05) is 0 Å². The summed E-state index contributed by atoms with van der Waals surface area (Å²) in [5.41, 5.74) is 0. The molecule has 0 aliphatic heterocycles. The zero-order chi connectivity index (χ0) is 58.5. The molecule has 0 bridgehead atoms. The van der Waals surface area contributed by atoms with Gasteiger partial charge in [0.15, 0.2) is 6.10 Å². The third-order valence-corrected chi connectivity index (χ3v) is 16.0. The van der Waals surface area contributed by atoms with E-state index in [1.54, 1.807) is 0 Å². The predicted octanol–water partition coefficient (Wildman–Crippen LogP) is 24.7. The van der Waals surface area contributed by atoms with Crippen molar-refractivity contribution in [2.24, 2.45) is 0 Å². The van der Waals surface area contributed by atoms with Gasteiger partial charge in [-0.15, -0.1) is 0 Å². The molecule has 6 heteroatoms. The lowest BCUT2D eigenvalue weighted by Crippen LogP contribution is -2.30. The molecule has 472 valence electrons. The van der Waals surface area contributed by atoms with Crippen LogP contribution in [0.4, 0.5) is 0 Å². The molecule has 81 heavy (non-hydrogen) atoms. The molecule has 6 nitrogen and oxygen atoms in total. The largest absolute Gasteiger partial charge is 0.462 e. The molecule has 0 heterocycles. The van der Waals surface area contributed by atoms with Crippen LogP contribution < -0.4 is 0 Å². The number of esters is 3. The number of carbonyl (C=O) groups is 3. The molecule has 1 unspecified atom stereocenters. The fourth-order valence-corrected chi connectivity index (χ4v) is 10.6. The van der Waals surface area contributed by atoms with Crippen molar-refractivity contribution in [2.75, 3.05) is 13.2 Å². The minimum Gasteiger partial charge on any atom is -0.462 e. The SMILES string of the molecule is CCCCC/C=C\C/C=C\CCCCCCCCCC(=O)OCC(COC(=O)CCCCCCCCCC/C=C\C/C=C\C/C=C\CCCCCCC)OC(=O)CCCCCCCCCCCCCCCCCCCCCCCCC. The lowest BCUT2D eigenvalue weighted by atomic mass is 10.0. The van der Waals surface area contributed by atoms with Crippen molar-refractivity contribution >= 4 is 17.9 Å². The summed E-state index contributed by atoms with van der Waals surface area (Å²) in [5, 5.41) is 0. The lowest BCUT2D eigenvalue weighted by Gasteiger charge is -2.18. The molecule has 0 aliphatic carbocycles. The highest BCUT2D eigenvalue weighted by Crippen LogP contribution is 2.18. The van der Waals surface area contributed by atoms with Crippen LogP contribution in [0.25, 0.3) is 0 Å². The molecule has 0 rings (SSSR count). The highest BCUT2D eigenvalue weighted by Gasteiger charge is 2.19. The Labute approximate surface area is 504 Å². The van der Waals surface area contributed by atoms with Gasteiger partial charge in [0.05, 0.1) is 0 Å². The Balaban J connectivity index is 4.34. The maximum atomic E-state index is 13.0. The van der Waals surface area contributed by atoms with Crippen LogP contribution >= 0.6 is 0 Å². The predicted molar refractivity (Wildman–Crippen MR) is 353 cm³/mol. The number of hydrogen-bond acceptors (Lipinski definition) is 6. The monoisotopic (exact) mass is 1130 g/mol. The number of unbranched alkanes of at least 4 members (excludes halogenated alkanes) is 45. The fourth-order valence-electron chi connectivity index (χ4n) is 10.6. The van der Waals surface area contributed by atoms with Crippen LogP contribution in [0.3, 0.4) is 0 Å². The van der Waals surface area contributed by atoms with Crippen molar-refractivity contribution in [1.82, 2.24) is 0 Å². The van der Waals surface area contributed by atoms with Gasteiger partial charge in [-0.3, -0.25) is 14.4 Å². The quantitative estimate of drug-likeness (QED) is 0.0261. The van der Waals surface area contributed by atoms with Gasteiger partial charge in [-0.25, -0.2) is 0 Å². The van der Waals surface area contributed by atoms with Crippen LogP contribution in [0.5, 0.6) is 0 Å². The Hall–Kier alpha value is -2.89. The third-order valence-electron chi connectivity index (χ3n) is 16.0. The van der Waals surface area contributed by atoms with Crippen LogP contribution in [-0.2, 0) is 28.6 Å². The highest BCUT2D eigenvalue weighted by molar-refractivity contribution is 5.71. The second kappa shape index (κ2) is 69.6. The van der Waals surface area contributed by atoms with Gasteiger partial charge in [-0.2, -0.15) is 0 Å². The topological polar surface area (TPSA) is 78.9 Å². The first-order valence-electron chi connectivity index (χ1n) is 35.8. The molecule has 0 radical (unpaired) electrons. The summed E-state index contributed by atoms with van der Waals surface area (Å²) < 4.78 is 17.0. The lowest BCUT2D eigenvalue weighted by molar-refractivity contribution is -0.167. The Morgan fingerprint density at radius 1 is 0.247 bits per heavy atom. The van der Waals surface area contributed by atoms with Crippen molar-refractivity contribution < 1.29 is 28.6 Å². The van der Waals surface area contributed by atoms with E-state index in [2.05, 4.69) is 81.5 Å². The minimum absolute atomic E-state index is 0.0773. The summed E-state index contributed by atoms with van der Waals surface area (Å²) in [5.74, 6) is -0.866. The Morgan fingerprint density at radius 3 is 0.716 bits per heavy atom. The van der Waals surface area contributed by atoms with E-state index in [-0.39, 0.29) is 31.1 Å². The van der Waals surface area contributed by atoms with Gasteiger partial charge < -0.3 is 14.2 Å². The normalized spacial score (nSPS) is 12.4. The van der Waals surface area contributed by atoms with Crippen molar-refractivity contribution in [3.63, 3.8) is 0 Å². The van der Waals surface area contributed by atoms with Crippen molar-refractivity contribution in [1.29, 1.82) is 0 Å². The number of carbonyl (C=O) groups excluding carboxylic acids is 3. The second-order valence-corrected chi connectivity index (χ2v) is 24.1. The maximum Gasteiger partial charge on any atom is 0.306 e. The van der Waals surface area contributed by atoms with Crippen LogP contribution in [0.15, 0.2) is 60.8 Å². The average molecular weight is 1130 g/mol. The van der Waals surface area contributed by atoms with E-state index < -0.39 is 6.10 Å². The summed E-state index contributed by atoms with van der Waals surface area (Å²) in [7, 11) is 0. The maximum absolute atomic E-state index is 13.0. The Morgan fingerprint density at radius 2 is 0.444 bits per heavy atom. The first kappa shape index (κ1) is 78.1. The molecule has 0 N–H and O–H groups in total. The van der Waals surface area contributed by atoms with Crippen LogP contribution in [0, 0.1) is 0 Å². The first-order chi connectivity index (χ1) is 40.0. The number of hydrogen-bond donors (Lipinski definition) is 0. The molecule has 0 saturated carbocycles. The van der Waals surface area contributed by atoms with Gasteiger partial charge in [0.25, 0.3) is 0 Å². The van der Waals surface area contributed by atoms with Crippen LogP contribution in [0.1, 0.15) is 380 Å². The Bertz CT molecular complexity index is 1440. The third kappa shape index (κ3) is 67.8. The standard InChI is InChI=1S/C75H136O6/c1-4-7-10-13-16-19-22-25-28-31-33-35-37-39-41-44-47-50-53-56-59-62-65-68-74(77)80-71-72(70-79-73(76)67-64-61-58-55-52-49-46-43-30-27-24-21-18-15-12-9-6-3)81-75(78)69-66-63-60-57-54-51-48-45-42-40-38-36-34-32-29-26-23-20-17-14-11-8-5-2/h18,21-22,25,27,30-31,33,37,39,72H,4-17,19-20,23-24,26,28-29,32,34-36,38,40-71H2,1-3H3/b21-18-,25-22-,30-27-,33-31-,39-37-. The summed E-state index contributed by atoms with van der Waals surface area (Å²) in [6, 6.07) is 0. The summed E-state index contributed by atoms with van der Waals surface area (Å²) >= 11 is 0. The fraction of sp³-hybridized carbons (Fsp3) is 0.827. The first-order valence-corrected chi connectivity index (χ1v) is 35.8. The van der Waals surface area contributed by atoms with E-state index in [0.29, 0.717) is 19.3 Å². The van der Waals surface area contributed by atoms with Gasteiger partial charge in [-0.1, -0.05) is 332 Å². The van der Waals surface area contributed by atoms with E-state index >= 15 is 0 Å².